The molecular formula is C16H18O2. The summed E-state index contributed by atoms with van der Waals surface area (Å²) < 4.78 is 5.59. The molecule has 0 spiro atoms. The third-order valence-electron chi connectivity index (χ3n) is 3.41. The Kier molecular flexibility index (Phi) is 3.80. The Morgan fingerprint density at radius 2 is 1.44 bits per heavy atom. The van der Waals surface area contributed by atoms with Gasteiger partial charge in [-0.15, -0.1) is 0 Å². The molecule has 1 N–H and O–H groups in total. The van der Waals surface area contributed by atoms with Gasteiger partial charge in [0.05, 0.1) is 0 Å². The van der Waals surface area contributed by atoms with E-state index >= 15 is 0 Å². The molecule has 2 aromatic carbocycles. The summed E-state index contributed by atoms with van der Waals surface area (Å²) in [6, 6.07) is 19.4. The Morgan fingerprint density at radius 3 is 1.94 bits per heavy atom. The third-order valence-corrected chi connectivity index (χ3v) is 3.41. The lowest BCUT2D eigenvalue weighted by atomic mass is 9.86. The summed E-state index contributed by atoms with van der Waals surface area (Å²) in [5.41, 5.74) is 1.07. The normalized spacial score (nSPS) is 15.9. The maximum Gasteiger partial charge on any atom is 0.120 e. The Labute approximate surface area is 108 Å². The number of aliphatic hydroxyl groups is 1. The predicted octanol–water partition coefficient (Wildman–Crippen LogP) is 3.28. The fraction of sp³-hybridized carbons (Fsp3) is 0.250. The van der Waals surface area contributed by atoms with E-state index in [-0.39, 0.29) is 0 Å². The zero-order valence-electron chi connectivity index (χ0n) is 10.7. The summed E-state index contributed by atoms with van der Waals surface area (Å²) in [6.07, 6.45) is -0.703. The van der Waals surface area contributed by atoms with Crippen molar-refractivity contribution < 1.29 is 9.84 Å². The van der Waals surface area contributed by atoms with Crippen molar-refractivity contribution in [2.75, 3.05) is 7.11 Å². The van der Waals surface area contributed by atoms with Gasteiger partial charge in [-0.05, 0) is 18.1 Å². The first-order valence-corrected chi connectivity index (χ1v) is 6.02. The van der Waals surface area contributed by atoms with E-state index in [2.05, 4.69) is 0 Å². The van der Waals surface area contributed by atoms with Crippen LogP contribution in [0.3, 0.4) is 0 Å². The second-order valence-electron chi connectivity index (χ2n) is 4.49. The van der Waals surface area contributed by atoms with Gasteiger partial charge in [0.25, 0.3) is 0 Å². The van der Waals surface area contributed by atoms with Crippen LogP contribution in [0.2, 0.25) is 0 Å². The second-order valence-corrected chi connectivity index (χ2v) is 4.49. The minimum Gasteiger partial charge on any atom is -0.385 e. The molecule has 2 heteroatoms. The molecule has 0 saturated carbocycles. The van der Waals surface area contributed by atoms with E-state index in [0.717, 1.165) is 11.1 Å². The Morgan fingerprint density at radius 1 is 0.944 bits per heavy atom. The molecule has 0 aliphatic carbocycles. The van der Waals surface area contributed by atoms with E-state index < -0.39 is 11.7 Å². The highest BCUT2D eigenvalue weighted by atomic mass is 16.5. The molecule has 2 aromatic rings. The summed E-state index contributed by atoms with van der Waals surface area (Å²) in [5, 5.41) is 10.6. The molecule has 0 amide bonds. The second kappa shape index (κ2) is 5.34. The van der Waals surface area contributed by atoms with Crippen LogP contribution >= 0.6 is 0 Å². The van der Waals surface area contributed by atoms with Crippen LogP contribution in [0.25, 0.3) is 0 Å². The number of hydrogen-bond acceptors (Lipinski definition) is 2. The van der Waals surface area contributed by atoms with Gasteiger partial charge in [0.15, 0.2) is 0 Å². The quantitative estimate of drug-likeness (QED) is 0.891. The number of aliphatic hydroxyl groups excluding tert-OH is 1. The van der Waals surface area contributed by atoms with Crippen molar-refractivity contribution in [2.24, 2.45) is 0 Å². The molecule has 0 fully saturated rings. The number of methoxy groups -OCH3 is 1. The van der Waals surface area contributed by atoms with Gasteiger partial charge in [-0.2, -0.15) is 0 Å². The van der Waals surface area contributed by atoms with Crippen molar-refractivity contribution in [1.82, 2.24) is 0 Å². The highest BCUT2D eigenvalue weighted by Crippen LogP contribution is 2.37. The van der Waals surface area contributed by atoms with Gasteiger partial charge in [-0.3, -0.25) is 0 Å². The van der Waals surface area contributed by atoms with E-state index in [1.807, 2.05) is 67.6 Å². The molecule has 0 radical (unpaired) electrons. The van der Waals surface area contributed by atoms with Crippen LogP contribution in [-0.4, -0.2) is 12.2 Å². The topological polar surface area (TPSA) is 29.5 Å². The number of benzene rings is 2. The molecule has 2 rings (SSSR count). The van der Waals surface area contributed by atoms with Crippen molar-refractivity contribution >= 4 is 0 Å². The lowest BCUT2D eigenvalue weighted by molar-refractivity contribution is -0.0983. The van der Waals surface area contributed by atoms with Gasteiger partial charge in [0, 0.05) is 7.11 Å². The molecular weight excluding hydrogens is 224 g/mol. The third kappa shape index (κ3) is 2.30. The number of hydrogen-bond donors (Lipinski definition) is 1. The minimum absolute atomic E-state index is 0.703. The van der Waals surface area contributed by atoms with Crippen LogP contribution in [0.15, 0.2) is 60.7 Å². The van der Waals surface area contributed by atoms with Crippen LogP contribution in [0.1, 0.15) is 24.2 Å². The first-order chi connectivity index (χ1) is 8.68. The fourth-order valence-electron chi connectivity index (χ4n) is 2.11. The molecule has 0 aliphatic heterocycles. The molecule has 2 nitrogen and oxygen atoms in total. The maximum atomic E-state index is 10.6. The monoisotopic (exact) mass is 242 g/mol. The minimum atomic E-state index is -0.747. The molecule has 0 heterocycles. The van der Waals surface area contributed by atoms with Crippen LogP contribution in [0.4, 0.5) is 0 Å². The zero-order chi connectivity index (χ0) is 13.0. The molecule has 18 heavy (non-hydrogen) atoms. The lowest BCUT2D eigenvalue weighted by Crippen LogP contribution is -2.32. The van der Waals surface area contributed by atoms with Crippen LogP contribution < -0.4 is 0 Å². The highest BCUT2D eigenvalue weighted by Gasteiger charge is 2.35. The fourth-order valence-corrected chi connectivity index (χ4v) is 2.11. The molecule has 2 unspecified atom stereocenters. The van der Waals surface area contributed by atoms with Crippen molar-refractivity contribution in [3.05, 3.63) is 71.8 Å². The molecule has 0 bridgehead atoms. The van der Waals surface area contributed by atoms with Crippen LogP contribution in [0, 0.1) is 0 Å². The summed E-state index contributed by atoms with van der Waals surface area (Å²) >= 11 is 0. The summed E-state index contributed by atoms with van der Waals surface area (Å²) in [4.78, 5) is 0. The summed E-state index contributed by atoms with van der Waals surface area (Å²) in [5.74, 6) is 0. The largest absolute Gasteiger partial charge is 0.385 e. The van der Waals surface area contributed by atoms with Crippen LogP contribution in [0.5, 0.6) is 0 Å². The molecule has 2 atom stereocenters. The summed E-state index contributed by atoms with van der Waals surface area (Å²) in [7, 11) is 1.62. The molecule has 0 saturated heterocycles. The SMILES string of the molecule is COC(C)(c1ccccc1)C(O)c1ccccc1. The van der Waals surface area contributed by atoms with Gasteiger partial charge in [-0.25, -0.2) is 0 Å². The Hall–Kier alpha value is -1.64. The standard InChI is InChI=1S/C16H18O2/c1-16(18-2,14-11-7-4-8-12-14)15(17)13-9-5-3-6-10-13/h3-12,15,17H,1-2H3. The first kappa shape index (κ1) is 12.8. The van der Waals surface area contributed by atoms with E-state index in [9.17, 15) is 5.11 Å². The smallest absolute Gasteiger partial charge is 0.120 e. The van der Waals surface area contributed by atoms with E-state index in [1.54, 1.807) is 7.11 Å². The maximum absolute atomic E-state index is 10.6. The number of ether oxygens (including phenoxy) is 1. The first-order valence-electron chi connectivity index (χ1n) is 6.02. The van der Waals surface area contributed by atoms with Crippen molar-refractivity contribution in [3.63, 3.8) is 0 Å². The van der Waals surface area contributed by atoms with Crippen LogP contribution in [-0.2, 0) is 10.3 Å². The average Bonchev–Trinajstić information content (AvgIpc) is 2.47. The predicted molar refractivity (Wildman–Crippen MR) is 72.2 cm³/mol. The lowest BCUT2D eigenvalue weighted by Gasteiger charge is -2.34. The molecule has 0 aliphatic rings. The zero-order valence-corrected chi connectivity index (χ0v) is 10.7. The summed E-state index contributed by atoms with van der Waals surface area (Å²) in [6.45, 7) is 1.90. The van der Waals surface area contributed by atoms with Gasteiger partial charge in [0.2, 0.25) is 0 Å². The van der Waals surface area contributed by atoms with E-state index in [4.69, 9.17) is 4.74 Å². The van der Waals surface area contributed by atoms with Gasteiger partial charge >= 0.3 is 0 Å². The van der Waals surface area contributed by atoms with E-state index in [1.165, 1.54) is 0 Å². The van der Waals surface area contributed by atoms with Gasteiger partial charge in [-0.1, -0.05) is 60.7 Å². The van der Waals surface area contributed by atoms with Crippen molar-refractivity contribution in [2.45, 2.75) is 18.6 Å². The van der Waals surface area contributed by atoms with Crippen molar-refractivity contribution in [3.8, 4) is 0 Å². The molecule has 94 valence electrons. The average molecular weight is 242 g/mol. The molecule has 0 aromatic heterocycles. The number of rotatable bonds is 4. The van der Waals surface area contributed by atoms with Gasteiger partial charge in [0.1, 0.15) is 11.7 Å². The highest BCUT2D eigenvalue weighted by molar-refractivity contribution is 5.28. The van der Waals surface area contributed by atoms with E-state index in [0.29, 0.717) is 0 Å². The van der Waals surface area contributed by atoms with Crippen molar-refractivity contribution in [1.29, 1.82) is 0 Å². The van der Waals surface area contributed by atoms with Gasteiger partial charge < -0.3 is 9.84 Å². The Bertz CT molecular complexity index is 481. The Balaban J connectivity index is 2.39.